The number of hydrogen-bond donors (Lipinski definition) is 0. The molecule has 0 aromatic carbocycles. The van der Waals surface area contributed by atoms with Gasteiger partial charge >= 0.3 is 0 Å². The van der Waals surface area contributed by atoms with Crippen LogP contribution in [0, 0.1) is 0 Å². The standard InChI is InChI=1S/C16H33P/c1-3-5-6-7-8-9-10-11-12-13-14-15-16-17-4-2/h4,17H,2-3,5-16H2,1H3. The highest BCUT2D eigenvalue weighted by Crippen LogP contribution is 2.15. The fourth-order valence-corrected chi connectivity index (χ4v) is 2.83. The van der Waals surface area contributed by atoms with Gasteiger partial charge in [-0.15, -0.1) is 0 Å². The molecule has 1 atom stereocenters. The van der Waals surface area contributed by atoms with Crippen LogP contribution in [0.25, 0.3) is 0 Å². The zero-order chi connectivity index (χ0) is 12.6. The summed E-state index contributed by atoms with van der Waals surface area (Å²) in [6.07, 6.45) is 18.8. The molecule has 0 fully saturated rings. The molecule has 17 heavy (non-hydrogen) atoms. The van der Waals surface area contributed by atoms with Gasteiger partial charge < -0.3 is 0 Å². The van der Waals surface area contributed by atoms with Gasteiger partial charge in [0.25, 0.3) is 0 Å². The van der Waals surface area contributed by atoms with Crippen LogP contribution in [-0.2, 0) is 0 Å². The average Bonchev–Trinajstić information content (AvgIpc) is 2.35. The van der Waals surface area contributed by atoms with Crippen LogP contribution in [-0.4, -0.2) is 6.16 Å². The molecule has 0 rings (SSSR count). The van der Waals surface area contributed by atoms with Crippen molar-refractivity contribution < 1.29 is 0 Å². The maximum Gasteiger partial charge on any atom is -0.0319 e. The van der Waals surface area contributed by atoms with E-state index >= 15 is 0 Å². The second-order valence-electron chi connectivity index (χ2n) is 5.05. The van der Waals surface area contributed by atoms with E-state index in [-0.39, 0.29) is 0 Å². The van der Waals surface area contributed by atoms with Crippen LogP contribution < -0.4 is 0 Å². The van der Waals surface area contributed by atoms with Crippen molar-refractivity contribution in [1.29, 1.82) is 0 Å². The molecule has 0 saturated heterocycles. The first-order chi connectivity index (χ1) is 8.41. The van der Waals surface area contributed by atoms with Crippen molar-refractivity contribution in [3.8, 4) is 0 Å². The van der Waals surface area contributed by atoms with Crippen molar-refractivity contribution in [1.82, 2.24) is 0 Å². The minimum atomic E-state index is 0.990. The van der Waals surface area contributed by atoms with E-state index in [1.807, 2.05) is 0 Å². The first kappa shape index (κ1) is 17.2. The van der Waals surface area contributed by atoms with Gasteiger partial charge in [-0.3, -0.25) is 0 Å². The molecule has 0 aliphatic carbocycles. The van der Waals surface area contributed by atoms with Gasteiger partial charge in [0.05, 0.1) is 0 Å². The number of hydrogen-bond acceptors (Lipinski definition) is 0. The van der Waals surface area contributed by atoms with Crippen LogP contribution in [0.3, 0.4) is 0 Å². The molecule has 1 unspecified atom stereocenters. The predicted octanol–water partition coefficient (Wildman–Crippen LogP) is 6.51. The maximum absolute atomic E-state index is 3.77. The summed E-state index contributed by atoms with van der Waals surface area (Å²) in [5.74, 6) is 2.07. The highest BCUT2D eigenvalue weighted by Gasteiger charge is 1.93. The van der Waals surface area contributed by atoms with Gasteiger partial charge in [0.15, 0.2) is 0 Å². The lowest BCUT2D eigenvalue weighted by atomic mass is 10.1. The van der Waals surface area contributed by atoms with Crippen molar-refractivity contribution in [3.05, 3.63) is 12.4 Å². The first-order valence-electron chi connectivity index (χ1n) is 7.76. The molecule has 0 radical (unpaired) electrons. The molecule has 0 heterocycles. The number of rotatable bonds is 14. The molecular formula is C16H33P. The third-order valence-corrected chi connectivity index (χ3v) is 4.25. The van der Waals surface area contributed by atoms with Crippen LogP contribution >= 0.6 is 8.58 Å². The summed E-state index contributed by atoms with van der Waals surface area (Å²) in [7, 11) is 0.990. The van der Waals surface area contributed by atoms with Gasteiger partial charge in [0.1, 0.15) is 0 Å². The van der Waals surface area contributed by atoms with E-state index in [1.165, 1.54) is 83.2 Å². The zero-order valence-corrected chi connectivity index (χ0v) is 13.0. The fraction of sp³-hybridized carbons (Fsp3) is 0.875. The molecule has 0 amide bonds. The van der Waals surface area contributed by atoms with E-state index in [2.05, 4.69) is 19.3 Å². The summed E-state index contributed by atoms with van der Waals surface area (Å²) >= 11 is 0. The minimum Gasteiger partial charge on any atom is -0.0990 e. The lowest BCUT2D eigenvalue weighted by Gasteiger charge is -2.02. The van der Waals surface area contributed by atoms with E-state index in [1.54, 1.807) is 0 Å². The van der Waals surface area contributed by atoms with Crippen molar-refractivity contribution in [2.24, 2.45) is 0 Å². The second-order valence-corrected chi connectivity index (χ2v) is 6.36. The molecule has 0 spiro atoms. The molecule has 102 valence electrons. The van der Waals surface area contributed by atoms with Crippen molar-refractivity contribution in [2.45, 2.75) is 84.0 Å². The lowest BCUT2D eigenvalue weighted by molar-refractivity contribution is 0.548. The van der Waals surface area contributed by atoms with Gasteiger partial charge in [-0.05, 0) is 12.6 Å². The average molecular weight is 256 g/mol. The normalized spacial score (nSPS) is 11.4. The molecule has 0 aromatic heterocycles. The minimum absolute atomic E-state index is 0.990. The molecule has 0 aliphatic rings. The van der Waals surface area contributed by atoms with Crippen LogP contribution in [0.15, 0.2) is 12.4 Å². The molecule has 1 heteroatoms. The van der Waals surface area contributed by atoms with E-state index in [0.29, 0.717) is 0 Å². The fourth-order valence-electron chi connectivity index (χ4n) is 2.17. The quantitative estimate of drug-likeness (QED) is 0.245. The second kappa shape index (κ2) is 16.2. The molecule has 0 saturated carbocycles. The molecule has 0 nitrogen and oxygen atoms in total. The molecular weight excluding hydrogens is 223 g/mol. The first-order valence-corrected chi connectivity index (χ1v) is 9.04. The Hall–Kier alpha value is 0.170. The summed E-state index contributed by atoms with van der Waals surface area (Å²) in [4.78, 5) is 0. The summed E-state index contributed by atoms with van der Waals surface area (Å²) < 4.78 is 0. The van der Waals surface area contributed by atoms with E-state index in [0.717, 1.165) is 8.58 Å². The molecule has 0 bridgehead atoms. The third-order valence-electron chi connectivity index (χ3n) is 3.32. The largest absolute Gasteiger partial charge is 0.0990 e. The monoisotopic (exact) mass is 256 g/mol. The Labute approximate surface area is 111 Å². The SMILES string of the molecule is C=CPCCCCCCCCCCCCCC. The lowest BCUT2D eigenvalue weighted by Crippen LogP contribution is -1.83. The van der Waals surface area contributed by atoms with Gasteiger partial charge in [-0.2, -0.15) is 0 Å². The molecule has 0 aromatic rings. The molecule has 0 N–H and O–H groups in total. The van der Waals surface area contributed by atoms with E-state index < -0.39 is 0 Å². The summed E-state index contributed by atoms with van der Waals surface area (Å²) in [6.45, 7) is 6.05. The van der Waals surface area contributed by atoms with E-state index in [9.17, 15) is 0 Å². The highest BCUT2D eigenvalue weighted by molar-refractivity contribution is 7.41. The smallest absolute Gasteiger partial charge is 0.0319 e. The number of unbranched alkanes of at least 4 members (excludes halogenated alkanes) is 11. The van der Waals surface area contributed by atoms with Gasteiger partial charge in [-0.1, -0.05) is 98.5 Å². The van der Waals surface area contributed by atoms with Gasteiger partial charge in [-0.25, -0.2) is 0 Å². The summed E-state index contributed by atoms with van der Waals surface area (Å²) in [5, 5.41) is 0. The summed E-state index contributed by atoms with van der Waals surface area (Å²) in [5.41, 5.74) is 0. The van der Waals surface area contributed by atoms with E-state index in [4.69, 9.17) is 0 Å². The van der Waals surface area contributed by atoms with Crippen LogP contribution in [0.5, 0.6) is 0 Å². The van der Waals surface area contributed by atoms with Crippen molar-refractivity contribution in [3.63, 3.8) is 0 Å². The molecule has 0 aliphatic heterocycles. The van der Waals surface area contributed by atoms with Gasteiger partial charge in [0.2, 0.25) is 0 Å². The van der Waals surface area contributed by atoms with Crippen molar-refractivity contribution in [2.75, 3.05) is 6.16 Å². The Balaban J connectivity index is 2.87. The Morgan fingerprint density at radius 3 is 1.53 bits per heavy atom. The van der Waals surface area contributed by atoms with Crippen LogP contribution in [0.4, 0.5) is 0 Å². The Morgan fingerprint density at radius 2 is 1.12 bits per heavy atom. The third kappa shape index (κ3) is 16.2. The van der Waals surface area contributed by atoms with Crippen molar-refractivity contribution >= 4 is 8.58 Å². The predicted molar refractivity (Wildman–Crippen MR) is 84.5 cm³/mol. The Morgan fingerprint density at radius 1 is 0.706 bits per heavy atom. The highest BCUT2D eigenvalue weighted by atomic mass is 31.1. The van der Waals surface area contributed by atoms with Crippen LogP contribution in [0.2, 0.25) is 0 Å². The topological polar surface area (TPSA) is 0 Å². The zero-order valence-electron chi connectivity index (χ0n) is 12.0. The Bertz CT molecular complexity index is 142. The Kier molecular flexibility index (Phi) is 16.3. The summed E-state index contributed by atoms with van der Waals surface area (Å²) in [6, 6.07) is 0. The maximum atomic E-state index is 3.77. The van der Waals surface area contributed by atoms with Crippen LogP contribution in [0.1, 0.15) is 84.0 Å². The van der Waals surface area contributed by atoms with Gasteiger partial charge in [0, 0.05) is 0 Å².